The zero-order valence-electron chi connectivity index (χ0n) is 17.0. The monoisotopic (exact) mass is 399 g/mol. The summed E-state index contributed by atoms with van der Waals surface area (Å²) in [5.41, 5.74) is 5.62. The van der Waals surface area contributed by atoms with Crippen molar-refractivity contribution in [3.8, 4) is 5.69 Å². The largest absolute Gasteiger partial charge is 0.352 e. The molecule has 0 atom stereocenters. The molecule has 6 nitrogen and oxygen atoms in total. The van der Waals surface area contributed by atoms with Crippen LogP contribution in [-0.2, 0) is 13.5 Å². The van der Waals surface area contributed by atoms with E-state index in [1.807, 2.05) is 49.8 Å². The van der Waals surface area contributed by atoms with Crippen molar-refractivity contribution < 1.29 is 4.79 Å². The first-order valence-corrected chi connectivity index (χ1v) is 9.78. The molecule has 1 aromatic carbocycles. The van der Waals surface area contributed by atoms with Gasteiger partial charge in [0.05, 0.1) is 28.8 Å². The second kappa shape index (κ2) is 8.19. The van der Waals surface area contributed by atoms with Crippen LogP contribution in [0.4, 0.5) is 0 Å². The van der Waals surface area contributed by atoms with E-state index in [0.717, 1.165) is 29.2 Å². The summed E-state index contributed by atoms with van der Waals surface area (Å²) < 4.78 is 3.67. The first-order chi connectivity index (χ1) is 13.3. The molecule has 28 heavy (non-hydrogen) atoms. The van der Waals surface area contributed by atoms with Crippen molar-refractivity contribution in [3.63, 3.8) is 0 Å². The number of carbonyl (C=O) groups is 1. The second-order valence-corrected chi connectivity index (χ2v) is 7.71. The molecular weight excluding hydrogens is 374 g/mol. The van der Waals surface area contributed by atoms with E-state index in [9.17, 15) is 4.79 Å². The Hall–Kier alpha value is -2.60. The molecule has 7 heteroatoms. The van der Waals surface area contributed by atoms with Gasteiger partial charge in [-0.25, -0.2) is 4.68 Å². The van der Waals surface area contributed by atoms with Crippen molar-refractivity contribution in [1.29, 1.82) is 0 Å². The van der Waals surface area contributed by atoms with Gasteiger partial charge in [-0.3, -0.25) is 9.48 Å². The molecule has 1 N–H and O–H groups in total. The molecule has 0 aliphatic heterocycles. The molecule has 0 unspecified atom stereocenters. The summed E-state index contributed by atoms with van der Waals surface area (Å²) in [6, 6.07) is 7.47. The lowest BCUT2D eigenvalue weighted by molar-refractivity contribution is 0.0952. The molecule has 1 amide bonds. The number of hydrogen-bond donors (Lipinski definition) is 1. The molecule has 0 aliphatic carbocycles. The van der Waals surface area contributed by atoms with Crippen LogP contribution in [0.1, 0.15) is 52.8 Å². The average molecular weight is 400 g/mol. The summed E-state index contributed by atoms with van der Waals surface area (Å²) in [6.07, 6.45) is 2.38. The summed E-state index contributed by atoms with van der Waals surface area (Å²) in [5, 5.41) is 12.5. The standard InChI is InChI=1S/C21H26ClN5O/c1-13(2)20-19(12-24-27(20)17-8-6-7-16(22)11-17)21(28)23-10-9-18-14(3)25-26(5)15(18)4/h6-8,11-13H,9-10H2,1-5H3,(H,23,28). The Bertz CT molecular complexity index is 1000. The number of benzene rings is 1. The van der Waals surface area contributed by atoms with Crippen LogP contribution in [0.2, 0.25) is 5.02 Å². The molecule has 3 rings (SSSR count). The third-order valence-corrected chi connectivity index (χ3v) is 5.21. The summed E-state index contributed by atoms with van der Waals surface area (Å²) in [6.45, 7) is 8.69. The number of rotatable bonds is 6. The molecule has 0 saturated heterocycles. The Morgan fingerprint density at radius 2 is 2.04 bits per heavy atom. The van der Waals surface area contributed by atoms with Crippen molar-refractivity contribution in [3.05, 3.63) is 63.7 Å². The molecule has 0 fully saturated rings. The lowest BCUT2D eigenvalue weighted by Crippen LogP contribution is -2.27. The van der Waals surface area contributed by atoms with Crippen LogP contribution in [0.15, 0.2) is 30.5 Å². The summed E-state index contributed by atoms with van der Waals surface area (Å²) >= 11 is 6.12. The minimum Gasteiger partial charge on any atom is -0.352 e. The van der Waals surface area contributed by atoms with Crippen LogP contribution in [0, 0.1) is 13.8 Å². The zero-order valence-corrected chi connectivity index (χ0v) is 17.7. The topological polar surface area (TPSA) is 64.7 Å². The first-order valence-electron chi connectivity index (χ1n) is 9.40. The molecule has 0 bridgehead atoms. The van der Waals surface area contributed by atoms with E-state index < -0.39 is 0 Å². The van der Waals surface area contributed by atoms with Crippen molar-refractivity contribution in [1.82, 2.24) is 24.9 Å². The lowest BCUT2D eigenvalue weighted by atomic mass is 10.0. The van der Waals surface area contributed by atoms with Crippen molar-refractivity contribution >= 4 is 17.5 Å². The van der Waals surface area contributed by atoms with Gasteiger partial charge in [-0.15, -0.1) is 0 Å². The first kappa shape index (κ1) is 20.1. The predicted octanol–water partition coefficient (Wildman–Crippen LogP) is 3.97. The highest BCUT2D eigenvalue weighted by molar-refractivity contribution is 6.30. The summed E-state index contributed by atoms with van der Waals surface area (Å²) in [7, 11) is 1.93. The molecule has 148 valence electrons. The lowest BCUT2D eigenvalue weighted by Gasteiger charge is -2.13. The molecule has 2 aromatic heterocycles. The smallest absolute Gasteiger partial charge is 0.254 e. The Morgan fingerprint density at radius 1 is 1.29 bits per heavy atom. The fourth-order valence-corrected chi connectivity index (χ4v) is 3.66. The van der Waals surface area contributed by atoms with E-state index in [4.69, 9.17) is 11.6 Å². The van der Waals surface area contributed by atoms with Crippen LogP contribution >= 0.6 is 11.6 Å². The molecule has 0 spiro atoms. The number of halogens is 1. The SMILES string of the molecule is Cc1nn(C)c(C)c1CCNC(=O)c1cnn(-c2cccc(Cl)c2)c1C(C)C. The van der Waals surface area contributed by atoms with Crippen molar-refractivity contribution in [2.45, 2.75) is 40.0 Å². The van der Waals surface area contributed by atoms with Crippen molar-refractivity contribution in [2.75, 3.05) is 6.54 Å². The predicted molar refractivity (Wildman–Crippen MR) is 111 cm³/mol. The minimum atomic E-state index is -0.115. The third-order valence-electron chi connectivity index (χ3n) is 4.97. The Balaban J connectivity index is 1.78. The van der Waals surface area contributed by atoms with E-state index in [1.165, 1.54) is 5.56 Å². The van der Waals surface area contributed by atoms with Crippen LogP contribution in [0.25, 0.3) is 5.69 Å². The maximum Gasteiger partial charge on any atom is 0.254 e. The van der Waals surface area contributed by atoms with Gasteiger partial charge in [0.1, 0.15) is 0 Å². The van der Waals surface area contributed by atoms with Gasteiger partial charge >= 0.3 is 0 Å². The number of nitrogens with zero attached hydrogens (tertiary/aromatic N) is 4. The van der Waals surface area contributed by atoms with Gasteiger partial charge in [-0.2, -0.15) is 10.2 Å². The number of aromatic nitrogens is 4. The van der Waals surface area contributed by atoms with Crippen LogP contribution < -0.4 is 5.32 Å². The van der Waals surface area contributed by atoms with E-state index in [0.29, 0.717) is 17.1 Å². The number of aryl methyl sites for hydroxylation is 2. The Morgan fingerprint density at radius 3 is 2.64 bits per heavy atom. The van der Waals surface area contributed by atoms with E-state index in [2.05, 4.69) is 29.4 Å². The number of carbonyl (C=O) groups excluding carboxylic acids is 1. The maximum atomic E-state index is 12.8. The second-order valence-electron chi connectivity index (χ2n) is 7.27. The zero-order chi connectivity index (χ0) is 20.4. The molecule has 3 aromatic rings. The average Bonchev–Trinajstić information content (AvgIpc) is 3.18. The van der Waals surface area contributed by atoms with Crippen molar-refractivity contribution in [2.24, 2.45) is 7.05 Å². The highest BCUT2D eigenvalue weighted by Crippen LogP contribution is 2.24. The number of hydrogen-bond acceptors (Lipinski definition) is 3. The van der Waals surface area contributed by atoms with Gasteiger partial charge in [0, 0.05) is 24.3 Å². The summed E-state index contributed by atoms with van der Waals surface area (Å²) in [4.78, 5) is 12.8. The Labute approximate surface area is 170 Å². The maximum absolute atomic E-state index is 12.8. The van der Waals surface area contributed by atoms with Crippen LogP contribution in [0.5, 0.6) is 0 Å². The summed E-state index contributed by atoms with van der Waals surface area (Å²) in [5.74, 6) is 0.0150. The van der Waals surface area contributed by atoms with Gasteiger partial charge in [0.25, 0.3) is 5.91 Å². The van der Waals surface area contributed by atoms with Gasteiger partial charge in [0.15, 0.2) is 0 Å². The van der Waals surface area contributed by atoms with Gasteiger partial charge in [-0.05, 0) is 49.9 Å². The normalized spacial score (nSPS) is 11.2. The van der Waals surface area contributed by atoms with Gasteiger partial charge in [-0.1, -0.05) is 31.5 Å². The molecule has 2 heterocycles. The Kier molecular flexibility index (Phi) is 5.89. The number of amides is 1. The molecule has 0 radical (unpaired) electrons. The fraction of sp³-hybridized carbons (Fsp3) is 0.381. The molecule has 0 saturated carbocycles. The third kappa shape index (κ3) is 3.97. The van der Waals surface area contributed by atoms with E-state index in [-0.39, 0.29) is 11.8 Å². The van der Waals surface area contributed by atoms with Gasteiger partial charge in [0.2, 0.25) is 0 Å². The highest BCUT2D eigenvalue weighted by Gasteiger charge is 2.21. The highest BCUT2D eigenvalue weighted by atomic mass is 35.5. The molecular formula is C21H26ClN5O. The van der Waals surface area contributed by atoms with E-state index >= 15 is 0 Å². The quantitative estimate of drug-likeness (QED) is 0.682. The molecule has 0 aliphatic rings. The number of nitrogens with one attached hydrogen (secondary N) is 1. The van der Waals surface area contributed by atoms with Gasteiger partial charge < -0.3 is 5.32 Å². The van der Waals surface area contributed by atoms with E-state index in [1.54, 1.807) is 10.9 Å². The fourth-order valence-electron chi connectivity index (χ4n) is 3.48. The van der Waals surface area contributed by atoms with Crippen LogP contribution in [-0.4, -0.2) is 32.0 Å². The van der Waals surface area contributed by atoms with Crippen LogP contribution in [0.3, 0.4) is 0 Å². The minimum absolute atomic E-state index is 0.115.